The van der Waals surface area contributed by atoms with E-state index in [0.717, 1.165) is 11.3 Å². The molecule has 3 aliphatic rings. The van der Waals surface area contributed by atoms with Crippen LogP contribution in [0.4, 0.5) is 4.79 Å². The number of aliphatic carboxylic acids is 1. The lowest BCUT2D eigenvalue weighted by molar-refractivity contribution is -0.146. The largest absolute Gasteiger partial charge is 0.481 e. The molecule has 2 atom stereocenters. The highest BCUT2D eigenvalue weighted by molar-refractivity contribution is 6.09. The number of nitrogens with zero attached hydrogens (tertiary/aromatic N) is 2. The van der Waals surface area contributed by atoms with Crippen molar-refractivity contribution in [1.29, 1.82) is 0 Å². The minimum absolute atomic E-state index is 0.0562. The van der Waals surface area contributed by atoms with Crippen LogP contribution < -0.4 is 5.32 Å². The first-order valence-electron chi connectivity index (χ1n) is 9.68. The van der Waals surface area contributed by atoms with Crippen molar-refractivity contribution < 1.29 is 24.3 Å². The topological polar surface area (TPSA) is 107 Å². The molecule has 8 nitrogen and oxygen atoms in total. The van der Waals surface area contributed by atoms with E-state index in [9.17, 15) is 19.2 Å². The average Bonchev–Trinajstić information content (AvgIpc) is 2.76. The maximum absolute atomic E-state index is 13.1. The minimum Gasteiger partial charge on any atom is -0.481 e. The number of nitrogens with one attached hydrogen (secondary N) is 1. The van der Waals surface area contributed by atoms with E-state index in [4.69, 9.17) is 5.11 Å². The van der Waals surface area contributed by atoms with Gasteiger partial charge in [-0.05, 0) is 43.4 Å². The fourth-order valence-electron chi connectivity index (χ4n) is 5.26. The van der Waals surface area contributed by atoms with Crippen molar-refractivity contribution in [2.45, 2.75) is 58.4 Å². The predicted octanol–water partition coefficient (Wildman–Crippen LogP) is 1.45. The zero-order valence-electron chi connectivity index (χ0n) is 16.3. The van der Waals surface area contributed by atoms with E-state index in [1.54, 1.807) is 4.90 Å². The van der Waals surface area contributed by atoms with Gasteiger partial charge in [0.15, 0.2) is 0 Å². The van der Waals surface area contributed by atoms with Crippen LogP contribution in [0.5, 0.6) is 0 Å². The third-order valence-corrected chi connectivity index (χ3v) is 6.11. The van der Waals surface area contributed by atoms with Crippen LogP contribution in [-0.2, 0) is 14.4 Å². The number of carbonyl (C=O) groups excluding carboxylic acids is 3. The molecule has 3 fully saturated rings. The highest BCUT2D eigenvalue weighted by Gasteiger charge is 2.56. The number of piperidine rings is 1. The quantitative estimate of drug-likeness (QED) is 0.722. The smallest absolute Gasteiger partial charge is 0.325 e. The predicted molar refractivity (Wildman–Crippen MR) is 96.7 cm³/mol. The summed E-state index contributed by atoms with van der Waals surface area (Å²) in [5.74, 6) is -1.57. The Morgan fingerprint density at radius 1 is 1.19 bits per heavy atom. The number of urea groups is 1. The molecule has 0 aromatic carbocycles. The van der Waals surface area contributed by atoms with Crippen LogP contribution >= 0.6 is 0 Å². The van der Waals surface area contributed by atoms with Gasteiger partial charge >= 0.3 is 12.0 Å². The molecule has 8 heteroatoms. The molecule has 2 saturated heterocycles. The second kappa shape index (κ2) is 6.80. The van der Waals surface area contributed by atoms with E-state index >= 15 is 0 Å². The van der Waals surface area contributed by atoms with Crippen molar-refractivity contribution in [2.75, 3.05) is 19.6 Å². The Labute approximate surface area is 159 Å². The monoisotopic (exact) mass is 379 g/mol. The summed E-state index contributed by atoms with van der Waals surface area (Å²) in [6.07, 6.45) is 2.96. The van der Waals surface area contributed by atoms with Crippen LogP contribution in [0, 0.1) is 17.3 Å². The van der Waals surface area contributed by atoms with Gasteiger partial charge in [-0.15, -0.1) is 0 Å². The molecule has 2 unspecified atom stereocenters. The molecule has 1 aliphatic carbocycles. The van der Waals surface area contributed by atoms with Gasteiger partial charge in [0, 0.05) is 13.1 Å². The zero-order valence-corrected chi connectivity index (χ0v) is 16.3. The Bertz CT molecular complexity index is 668. The molecule has 3 rings (SSSR count). The molecule has 2 N–H and O–H groups in total. The molecule has 27 heavy (non-hydrogen) atoms. The summed E-state index contributed by atoms with van der Waals surface area (Å²) in [5.41, 5.74) is -0.964. The van der Waals surface area contributed by atoms with Gasteiger partial charge in [0.1, 0.15) is 12.1 Å². The van der Waals surface area contributed by atoms with Crippen LogP contribution in [0.15, 0.2) is 0 Å². The summed E-state index contributed by atoms with van der Waals surface area (Å²) < 4.78 is 0. The zero-order chi connectivity index (χ0) is 20.0. The van der Waals surface area contributed by atoms with Gasteiger partial charge in [0.25, 0.3) is 5.91 Å². The molecule has 2 aliphatic heterocycles. The second-order valence-electron chi connectivity index (χ2n) is 9.25. The third kappa shape index (κ3) is 3.80. The number of carboxylic acids is 1. The van der Waals surface area contributed by atoms with Gasteiger partial charge in [-0.3, -0.25) is 19.3 Å². The molecule has 0 bridgehead atoms. The van der Waals surface area contributed by atoms with Gasteiger partial charge < -0.3 is 15.3 Å². The molecule has 1 spiro atoms. The van der Waals surface area contributed by atoms with Gasteiger partial charge in [-0.25, -0.2) is 4.79 Å². The molecule has 0 radical (unpaired) electrons. The molecule has 4 amide bonds. The number of carbonyl (C=O) groups is 4. The summed E-state index contributed by atoms with van der Waals surface area (Å²) in [4.78, 5) is 51.8. The lowest BCUT2D eigenvalue weighted by Crippen LogP contribution is -2.54. The Morgan fingerprint density at radius 3 is 2.37 bits per heavy atom. The molecular formula is C19H29N3O5. The van der Waals surface area contributed by atoms with Crippen LogP contribution in [0.25, 0.3) is 0 Å². The van der Waals surface area contributed by atoms with Gasteiger partial charge in [0.05, 0.1) is 5.92 Å². The van der Waals surface area contributed by atoms with Gasteiger partial charge in [-0.2, -0.15) is 0 Å². The second-order valence-corrected chi connectivity index (χ2v) is 9.25. The standard InChI is InChI=1S/C19H29N3O5/c1-12-8-18(2,3)11-19(9-12)16(26)22(17(27)20-19)10-14(23)21-6-4-13(5-7-21)15(24)25/h12-13H,4-11H2,1-3H3,(H,20,27)(H,24,25). The molecule has 0 aromatic heterocycles. The molecule has 1 saturated carbocycles. The van der Waals surface area contributed by atoms with Crippen molar-refractivity contribution in [3.05, 3.63) is 0 Å². The number of likely N-dealkylation sites (tertiary alicyclic amines) is 1. The number of hydrogen-bond donors (Lipinski definition) is 2. The Hall–Kier alpha value is -2.12. The normalized spacial score (nSPS) is 31.3. The first-order valence-corrected chi connectivity index (χ1v) is 9.68. The third-order valence-electron chi connectivity index (χ3n) is 6.11. The fourth-order valence-corrected chi connectivity index (χ4v) is 5.26. The number of imide groups is 1. The van der Waals surface area contributed by atoms with E-state index in [0.29, 0.717) is 44.7 Å². The van der Waals surface area contributed by atoms with E-state index < -0.39 is 23.5 Å². The minimum atomic E-state index is -0.908. The summed E-state index contributed by atoms with van der Waals surface area (Å²) in [5, 5.41) is 11.9. The fraction of sp³-hybridized carbons (Fsp3) is 0.789. The molecular weight excluding hydrogens is 350 g/mol. The Kier molecular flexibility index (Phi) is 4.94. The van der Waals surface area contributed by atoms with Crippen LogP contribution in [0.2, 0.25) is 0 Å². The Morgan fingerprint density at radius 2 is 1.81 bits per heavy atom. The highest BCUT2D eigenvalue weighted by atomic mass is 16.4. The van der Waals surface area contributed by atoms with Crippen LogP contribution in [0.1, 0.15) is 52.9 Å². The number of rotatable bonds is 3. The lowest BCUT2D eigenvalue weighted by atomic mass is 9.64. The first kappa shape index (κ1) is 19.6. The van der Waals surface area contributed by atoms with Crippen molar-refractivity contribution in [3.63, 3.8) is 0 Å². The maximum atomic E-state index is 13.1. The number of hydrogen-bond acceptors (Lipinski definition) is 4. The van der Waals surface area contributed by atoms with Crippen molar-refractivity contribution in [1.82, 2.24) is 15.1 Å². The van der Waals surface area contributed by atoms with Crippen molar-refractivity contribution in [3.8, 4) is 0 Å². The molecule has 0 aromatic rings. The number of amides is 4. The lowest BCUT2D eigenvalue weighted by Gasteiger charge is -2.43. The summed E-state index contributed by atoms with van der Waals surface area (Å²) in [6.45, 7) is 6.69. The maximum Gasteiger partial charge on any atom is 0.325 e. The molecule has 150 valence electrons. The van der Waals surface area contributed by atoms with E-state index in [1.807, 2.05) is 0 Å². The van der Waals surface area contributed by atoms with Crippen molar-refractivity contribution >= 4 is 23.8 Å². The molecule has 2 heterocycles. The van der Waals surface area contributed by atoms with E-state index in [1.165, 1.54) is 0 Å². The summed E-state index contributed by atoms with van der Waals surface area (Å²) >= 11 is 0. The van der Waals surface area contributed by atoms with Gasteiger partial charge in [0.2, 0.25) is 5.91 Å². The van der Waals surface area contributed by atoms with Crippen LogP contribution in [-0.4, -0.2) is 63.9 Å². The average molecular weight is 379 g/mol. The Balaban J connectivity index is 1.66. The van der Waals surface area contributed by atoms with E-state index in [-0.39, 0.29) is 23.8 Å². The van der Waals surface area contributed by atoms with Gasteiger partial charge in [-0.1, -0.05) is 20.8 Å². The SMILES string of the molecule is CC1CC(C)(C)CC2(C1)NC(=O)N(CC(=O)N1CCC(C(=O)O)CC1)C2=O. The summed E-state index contributed by atoms with van der Waals surface area (Å²) in [6, 6.07) is -0.501. The number of carboxylic acid groups (broad SMARTS) is 1. The highest BCUT2D eigenvalue weighted by Crippen LogP contribution is 2.46. The first-order chi connectivity index (χ1) is 12.5. The summed E-state index contributed by atoms with van der Waals surface area (Å²) in [7, 11) is 0. The van der Waals surface area contributed by atoms with Crippen molar-refractivity contribution in [2.24, 2.45) is 17.3 Å². The van der Waals surface area contributed by atoms with Crippen LogP contribution in [0.3, 0.4) is 0 Å². The van der Waals surface area contributed by atoms with E-state index in [2.05, 4.69) is 26.1 Å².